The maximum Gasteiger partial charge on any atom is 0.233 e. The van der Waals surface area contributed by atoms with Gasteiger partial charge in [-0.1, -0.05) is 15.9 Å². The highest BCUT2D eigenvalue weighted by molar-refractivity contribution is 9.09. The molecule has 0 heterocycles. The van der Waals surface area contributed by atoms with Crippen molar-refractivity contribution in [3.05, 3.63) is 22.8 Å². The van der Waals surface area contributed by atoms with Gasteiger partial charge in [0, 0.05) is 0 Å². The van der Waals surface area contributed by atoms with Crippen molar-refractivity contribution in [3.63, 3.8) is 0 Å². The van der Waals surface area contributed by atoms with Crippen LogP contribution in [-0.2, 0) is 4.79 Å². The number of benzene rings is 1. The largest absolute Gasteiger partial charge is 0.496 e. The fourth-order valence-electron chi connectivity index (χ4n) is 1.72. The topological polar surface area (TPSA) is 52.6 Å². The van der Waals surface area contributed by atoms with Crippen LogP contribution < -0.4 is 9.47 Å². The monoisotopic (exact) mass is 314 g/mol. The number of hydrogen-bond acceptors (Lipinski definition) is 4. The minimum atomic E-state index is -0.579. The first-order chi connectivity index (χ1) is 8.47. The molecule has 0 unspecified atom stereocenters. The molecule has 0 saturated heterocycles. The summed E-state index contributed by atoms with van der Waals surface area (Å²) < 4.78 is 10.4. The van der Waals surface area contributed by atoms with E-state index in [1.165, 1.54) is 14.2 Å². The number of methoxy groups -OCH3 is 2. The Bertz CT molecular complexity index is 494. The molecule has 0 bridgehead atoms. The van der Waals surface area contributed by atoms with Gasteiger partial charge in [-0.25, -0.2) is 0 Å². The molecular weight excluding hydrogens is 300 g/mol. The lowest BCUT2D eigenvalue weighted by atomic mass is 9.99. The van der Waals surface area contributed by atoms with E-state index in [2.05, 4.69) is 15.9 Å². The summed E-state index contributed by atoms with van der Waals surface area (Å²) in [5.41, 5.74) is 1.92. The summed E-state index contributed by atoms with van der Waals surface area (Å²) in [6.07, 6.45) is 0. The van der Waals surface area contributed by atoms with Crippen molar-refractivity contribution >= 4 is 27.5 Å². The maximum absolute atomic E-state index is 12.0. The molecular formula is C13H15BrO4. The first kappa shape index (κ1) is 14.7. The van der Waals surface area contributed by atoms with E-state index in [0.29, 0.717) is 11.5 Å². The van der Waals surface area contributed by atoms with Gasteiger partial charge in [-0.3, -0.25) is 9.59 Å². The zero-order valence-corrected chi connectivity index (χ0v) is 12.4. The molecule has 0 spiro atoms. The van der Waals surface area contributed by atoms with E-state index in [0.717, 1.165) is 11.1 Å². The molecule has 0 aliphatic rings. The second-order valence-electron chi connectivity index (χ2n) is 3.80. The van der Waals surface area contributed by atoms with Crippen LogP contribution in [0.2, 0.25) is 0 Å². The Labute approximate surface area is 114 Å². The summed E-state index contributed by atoms with van der Waals surface area (Å²) in [7, 11) is 3.00. The third kappa shape index (κ3) is 2.56. The maximum atomic E-state index is 12.0. The number of halogens is 1. The molecule has 0 N–H and O–H groups in total. The predicted molar refractivity (Wildman–Crippen MR) is 72.2 cm³/mol. The molecule has 0 amide bonds. The van der Waals surface area contributed by atoms with Crippen molar-refractivity contribution < 1.29 is 19.1 Å². The standard InChI is InChI=1S/C13H15BrO4/c1-7-8(2)13(18-4)9(5-11(7)17-3)12(16)10(15)6-14/h5H,6H2,1-4H3. The highest BCUT2D eigenvalue weighted by atomic mass is 79.9. The second kappa shape index (κ2) is 6.00. The fraction of sp³-hybridized carbons (Fsp3) is 0.385. The molecule has 1 rings (SSSR count). The lowest BCUT2D eigenvalue weighted by Gasteiger charge is -2.15. The Morgan fingerprint density at radius 2 is 1.78 bits per heavy atom. The zero-order valence-electron chi connectivity index (χ0n) is 10.8. The van der Waals surface area contributed by atoms with Crippen LogP contribution in [0.3, 0.4) is 0 Å². The third-order valence-corrected chi connectivity index (χ3v) is 3.35. The predicted octanol–water partition coefficient (Wildman–Crippen LogP) is 2.47. The van der Waals surface area contributed by atoms with Crippen LogP contribution in [0.25, 0.3) is 0 Å². The summed E-state index contributed by atoms with van der Waals surface area (Å²) in [6.45, 7) is 3.70. The van der Waals surface area contributed by atoms with Crippen LogP contribution in [0.1, 0.15) is 21.5 Å². The molecule has 0 aliphatic heterocycles. The van der Waals surface area contributed by atoms with Crippen molar-refractivity contribution in [1.29, 1.82) is 0 Å². The molecule has 98 valence electrons. The third-order valence-electron chi connectivity index (χ3n) is 2.84. The number of hydrogen-bond donors (Lipinski definition) is 0. The number of carbonyl (C=O) groups excluding carboxylic acids is 2. The average Bonchev–Trinajstić information content (AvgIpc) is 2.39. The van der Waals surface area contributed by atoms with Crippen molar-refractivity contribution in [2.75, 3.05) is 19.5 Å². The van der Waals surface area contributed by atoms with E-state index in [-0.39, 0.29) is 10.9 Å². The van der Waals surface area contributed by atoms with Gasteiger partial charge in [0.25, 0.3) is 0 Å². The molecule has 0 atom stereocenters. The van der Waals surface area contributed by atoms with Crippen molar-refractivity contribution in [2.45, 2.75) is 13.8 Å². The van der Waals surface area contributed by atoms with Crippen molar-refractivity contribution in [1.82, 2.24) is 0 Å². The van der Waals surface area contributed by atoms with E-state index in [4.69, 9.17) is 9.47 Å². The lowest BCUT2D eigenvalue weighted by molar-refractivity contribution is -0.112. The van der Waals surface area contributed by atoms with E-state index in [9.17, 15) is 9.59 Å². The van der Waals surface area contributed by atoms with E-state index in [1.807, 2.05) is 13.8 Å². The van der Waals surface area contributed by atoms with Gasteiger partial charge in [-0.05, 0) is 31.0 Å². The molecule has 0 aliphatic carbocycles. The van der Waals surface area contributed by atoms with Gasteiger partial charge in [0.2, 0.25) is 11.6 Å². The van der Waals surface area contributed by atoms with Gasteiger partial charge < -0.3 is 9.47 Å². The van der Waals surface area contributed by atoms with Crippen molar-refractivity contribution in [2.24, 2.45) is 0 Å². The molecule has 4 nitrogen and oxygen atoms in total. The highest BCUT2D eigenvalue weighted by Crippen LogP contribution is 2.33. The Kier molecular flexibility index (Phi) is 4.90. The van der Waals surface area contributed by atoms with Crippen LogP contribution in [0.4, 0.5) is 0 Å². The molecule has 5 heteroatoms. The first-order valence-electron chi connectivity index (χ1n) is 5.33. The Morgan fingerprint density at radius 1 is 1.17 bits per heavy atom. The first-order valence-corrected chi connectivity index (χ1v) is 6.45. The Balaban J connectivity index is 3.47. The van der Waals surface area contributed by atoms with Gasteiger partial charge >= 0.3 is 0 Å². The van der Waals surface area contributed by atoms with Crippen LogP contribution in [0.5, 0.6) is 11.5 Å². The summed E-state index contributed by atoms with van der Waals surface area (Å²) in [5.74, 6) is -0.102. The summed E-state index contributed by atoms with van der Waals surface area (Å²) in [6, 6.07) is 1.55. The summed E-state index contributed by atoms with van der Waals surface area (Å²) in [5, 5.41) is -0.00970. The van der Waals surface area contributed by atoms with Gasteiger partial charge in [0.05, 0.1) is 25.1 Å². The molecule has 0 aromatic heterocycles. The smallest absolute Gasteiger partial charge is 0.233 e. The van der Waals surface area contributed by atoms with Gasteiger partial charge in [-0.2, -0.15) is 0 Å². The Hall–Kier alpha value is -1.36. The van der Waals surface area contributed by atoms with Crippen LogP contribution in [0, 0.1) is 13.8 Å². The Morgan fingerprint density at radius 3 is 2.22 bits per heavy atom. The number of alkyl halides is 1. The molecule has 18 heavy (non-hydrogen) atoms. The van der Waals surface area contributed by atoms with Crippen molar-refractivity contribution in [3.8, 4) is 11.5 Å². The second-order valence-corrected chi connectivity index (χ2v) is 4.36. The minimum Gasteiger partial charge on any atom is -0.496 e. The molecule has 1 aromatic carbocycles. The summed E-state index contributed by atoms with van der Waals surface area (Å²) in [4.78, 5) is 23.5. The average molecular weight is 315 g/mol. The number of ketones is 2. The minimum absolute atomic E-state index is 0.00970. The van der Waals surface area contributed by atoms with Crippen LogP contribution >= 0.6 is 15.9 Å². The number of ether oxygens (including phenoxy) is 2. The SMILES string of the molecule is COc1cc(C(=O)C(=O)CBr)c(OC)c(C)c1C. The van der Waals surface area contributed by atoms with Gasteiger partial charge in [0.1, 0.15) is 11.5 Å². The molecule has 0 fully saturated rings. The molecule has 0 saturated carbocycles. The zero-order chi connectivity index (χ0) is 13.9. The molecule has 1 aromatic rings. The normalized spacial score (nSPS) is 10.1. The van der Waals surface area contributed by atoms with Crippen LogP contribution in [0.15, 0.2) is 6.07 Å². The van der Waals surface area contributed by atoms with E-state index < -0.39 is 11.6 Å². The lowest BCUT2D eigenvalue weighted by Crippen LogP contribution is -2.17. The highest BCUT2D eigenvalue weighted by Gasteiger charge is 2.23. The van der Waals surface area contributed by atoms with E-state index >= 15 is 0 Å². The van der Waals surface area contributed by atoms with Gasteiger partial charge in [0.15, 0.2) is 0 Å². The van der Waals surface area contributed by atoms with E-state index in [1.54, 1.807) is 6.07 Å². The van der Waals surface area contributed by atoms with Gasteiger partial charge in [-0.15, -0.1) is 0 Å². The quantitative estimate of drug-likeness (QED) is 0.476. The molecule has 0 radical (unpaired) electrons. The van der Waals surface area contributed by atoms with Crippen LogP contribution in [-0.4, -0.2) is 31.1 Å². The number of Topliss-reactive ketones (excluding diaryl/α,β-unsaturated/α-hetero) is 2. The number of carbonyl (C=O) groups is 2. The fourth-order valence-corrected chi connectivity index (χ4v) is 1.97. The summed E-state index contributed by atoms with van der Waals surface area (Å²) >= 11 is 2.99. The number of rotatable bonds is 5.